The van der Waals surface area contributed by atoms with Gasteiger partial charge in [-0.1, -0.05) is 12.5 Å². The molecule has 0 spiro atoms. The summed E-state index contributed by atoms with van der Waals surface area (Å²) in [4.78, 5) is 11.9. The van der Waals surface area contributed by atoms with Crippen molar-refractivity contribution in [1.29, 1.82) is 0 Å². The fourth-order valence-corrected chi connectivity index (χ4v) is 8.18. The molecule has 1 N–H and O–H groups in total. The van der Waals surface area contributed by atoms with Gasteiger partial charge in [0.25, 0.3) is 0 Å². The van der Waals surface area contributed by atoms with Crippen LogP contribution < -0.4 is 4.74 Å². The molecule has 5 nitrogen and oxygen atoms in total. The van der Waals surface area contributed by atoms with E-state index in [2.05, 4.69) is 37.2 Å². The predicted octanol–water partition coefficient (Wildman–Crippen LogP) is 5.59. The van der Waals surface area contributed by atoms with Gasteiger partial charge < -0.3 is 14.4 Å². The van der Waals surface area contributed by atoms with Crippen LogP contribution in [0.3, 0.4) is 0 Å². The maximum atomic E-state index is 13.5. The average molecular weight is 496 g/mol. The number of ether oxygens (including phenoxy) is 1. The first-order chi connectivity index (χ1) is 16.9. The van der Waals surface area contributed by atoms with Gasteiger partial charge >= 0.3 is 5.97 Å². The monoisotopic (exact) mass is 495 g/mol. The van der Waals surface area contributed by atoms with Crippen LogP contribution in [0.2, 0.25) is 0 Å². The van der Waals surface area contributed by atoms with Crippen LogP contribution in [-0.2, 0) is 42.0 Å². The van der Waals surface area contributed by atoms with Crippen molar-refractivity contribution in [2.75, 3.05) is 13.2 Å². The lowest BCUT2D eigenvalue weighted by atomic mass is 9.79. The van der Waals surface area contributed by atoms with E-state index >= 15 is 0 Å². The number of hydrogen-bond acceptors (Lipinski definition) is 4. The Balaban J connectivity index is 1.60. The molecule has 3 aliphatic rings. The van der Waals surface area contributed by atoms with Gasteiger partial charge in [0, 0.05) is 17.9 Å². The van der Waals surface area contributed by atoms with Crippen molar-refractivity contribution in [1.82, 2.24) is 4.31 Å². The largest absolute Gasteiger partial charge is 0.598 e. The van der Waals surface area contributed by atoms with Crippen LogP contribution in [-0.4, -0.2) is 38.3 Å². The standard InChI is InChI=1S/C29H37NO4S/c1-18-22-13-14-30(35(33)21-8-5-4-6-9-21)17-26(22)20(3)29(25(18)16-28(31)32)24-11-12-27-23(19(24)2)10-7-15-34-27/h11-12,21H,4-10,13-17H2,1-3H3,(H,31,32). The molecule has 2 heterocycles. The molecule has 35 heavy (non-hydrogen) atoms. The van der Waals surface area contributed by atoms with Crippen molar-refractivity contribution in [2.24, 2.45) is 0 Å². The molecule has 0 saturated heterocycles. The maximum absolute atomic E-state index is 13.5. The van der Waals surface area contributed by atoms with Gasteiger partial charge in [-0.25, -0.2) is 0 Å². The van der Waals surface area contributed by atoms with E-state index in [0.29, 0.717) is 6.54 Å². The molecule has 1 aliphatic carbocycles. The predicted molar refractivity (Wildman–Crippen MR) is 140 cm³/mol. The van der Waals surface area contributed by atoms with Crippen LogP contribution in [0.25, 0.3) is 11.1 Å². The Morgan fingerprint density at radius 3 is 2.54 bits per heavy atom. The quantitative estimate of drug-likeness (QED) is 0.548. The molecule has 2 aromatic rings. The van der Waals surface area contributed by atoms with E-state index in [4.69, 9.17) is 4.74 Å². The SMILES string of the molecule is Cc1c(-c2c(C)c3c(c(C)c2CC(=O)O)CCN([S+]([O-])C2CCCCC2)C3)ccc2c1CCCO2. The summed E-state index contributed by atoms with van der Waals surface area (Å²) in [7, 11) is 0. The van der Waals surface area contributed by atoms with Gasteiger partial charge in [-0.05, 0) is 122 Å². The second kappa shape index (κ2) is 10.2. The fourth-order valence-electron chi connectivity index (χ4n) is 6.49. The summed E-state index contributed by atoms with van der Waals surface area (Å²) in [5, 5.41) is 10.1. The minimum absolute atomic E-state index is 0.0139. The summed E-state index contributed by atoms with van der Waals surface area (Å²) < 4.78 is 21.6. The summed E-state index contributed by atoms with van der Waals surface area (Å²) in [6.45, 7) is 8.58. The van der Waals surface area contributed by atoms with Crippen LogP contribution in [0, 0.1) is 20.8 Å². The van der Waals surface area contributed by atoms with Crippen molar-refractivity contribution in [3.8, 4) is 16.9 Å². The van der Waals surface area contributed by atoms with Crippen molar-refractivity contribution >= 4 is 17.3 Å². The van der Waals surface area contributed by atoms with Gasteiger partial charge in [0.05, 0.1) is 19.6 Å². The highest BCUT2D eigenvalue weighted by atomic mass is 32.2. The van der Waals surface area contributed by atoms with E-state index < -0.39 is 17.3 Å². The molecule has 5 rings (SSSR count). The first-order valence-corrected chi connectivity index (χ1v) is 14.3. The molecule has 188 valence electrons. The average Bonchev–Trinajstić information content (AvgIpc) is 2.88. The maximum Gasteiger partial charge on any atom is 0.307 e. The van der Waals surface area contributed by atoms with E-state index in [1.165, 1.54) is 41.5 Å². The van der Waals surface area contributed by atoms with Gasteiger partial charge in [0.2, 0.25) is 0 Å². The Morgan fingerprint density at radius 1 is 1.03 bits per heavy atom. The number of carboxylic acid groups (broad SMARTS) is 1. The van der Waals surface area contributed by atoms with Crippen LogP contribution >= 0.6 is 0 Å². The minimum Gasteiger partial charge on any atom is -0.598 e. The van der Waals surface area contributed by atoms with Gasteiger partial charge in [0.1, 0.15) is 11.0 Å². The highest BCUT2D eigenvalue weighted by molar-refractivity contribution is 7.89. The Kier molecular flexibility index (Phi) is 7.16. The van der Waals surface area contributed by atoms with Crippen molar-refractivity contribution < 1.29 is 19.2 Å². The third-order valence-corrected chi connectivity index (χ3v) is 10.3. The number of hydrogen-bond donors (Lipinski definition) is 1. The molecule has 0 bridgehead atoms. The first kappa shape index (κ1) is 24.7. The zero-order chi connectivity index (χ0) is 24.7. The van der Waals surface area contributed by atoms with E-state index in [1.54, 1.807) is 0 Å². The second-order valence-corrected chi connectivity index (χ2v) is 12.2. The molecule has 2 aromatic carbocycles. The topological polar surface area (TPSA) is 72.8 Å². The van der Waals surface area contributed by atoms with E-state index in [0.717, 1.165) is 78.8 Å². The number of carboxylic acids is 1. The summed E-state index contributed by atoms with van der Waals surface area (Å²) in [5.41, 5.74) is 10.3. The zero-order valence-corrected chi connectivity index (χ0v) is 22.1. The molecule has 2 aliphatic heterocycles. The number of nitrogens with zero attached hydrogens (tertiary/aromatic N) is 1. The second-order valence-electron chi connectivity index (χ2n) is 10.4. The lowest BCUT2D eigenvalue weighted by molar-refractivity contribution is -0.136. The number of rotatable bonds is 5. The molecule has 1 unspecified atom stereocenters. The third-order valence-electron chi connectivity index (χ3n) is 8.42. The normalized spacial score (nSPS) is 19.5. The zero-order valence-electron chi connectivity index (χ0n) is 21.2. The van der Waals surface area contributed by atoms with Gasteiger partial charge in [-0.15, -0.1) is 4.31 Å². The highest BCUT2D eigenvalue weighted by Crippen LogP contribution is 2.42. The van der Waals surface area contributed by atoms with Crippen molar-refractivity contribution in [3.05, 3.63) is 51.1 Å². The van der Waals surface area contributed by atoms with Gasteiger partial charge in [-0.3, -0.25) is 4.79 Å². The molecular formula is C29H37NO4S. The lowest BCUT2D eigenvalue weighted by Gasteiger charge is -2.36. The smallest absolute Gasteiger partial charge is 0.307 e. The summed E-state index contributed by atoms with van der Waals surface area (Å²) in [6, 6.07) is 4.17. The van der Waals surface area contributed by atoms with Crippen LogP contribution in [0.15, 0.2) is 12.1 Å². The number of fused-ring (bicyclic) bond motifs is 2. The number of aliphatic carboxylic acids is 1. The third kappa shape index (κ3) is 4.61. The molecule has 0 radical (unpaired) electrons. The van der Waals surface area contributed by atoms with Crippen molar-refractivity contribution in [2.45, 2.75) is 90.4 Å². The van der Waals surface area contributed by atoms with Gasteiger partial charge in [0.15, 0.2) is 0 Å². The molecular weight excluding hydrogens is 458 g/mol. The van der Waals surface area contributed by atoms with Crippen LogP contribution in [0.5, 0.6) is 5.75 Å². The van der Waals surface area contributed by atoms with E-state index in [1.807, 2.05) is 0 Å². The molecule has 1 saturated carbocycles. The van der Waals surface area contributed by atoms with Crippen molar-refractivity contribution in [3.63, 3.8) is 0 Å². The molecule has 6 heteroatoms. The van der Waals surface area contributed by atoms with E-state index in [9.17, 15) is 14.5 Å². The number of carbonyl (C=O) groups is 1. The molecule has 0 amide bonds. The summed E-state index contributed by atoms with van der Waals surface area (Å²) in [6.07, 6.45) is 8.58. The molecule has 0 aromatic heterocycles. The van der Waals surface area contributed by atoms with Crippen LogP contribution in [0.1, 0.15) is 77.5 Å². The summed E-state index contributed by atoms with van der Waals surface area (Å²) in [5.74, 6) is 0.155. The Bertz CT molecular complexity index is 1140. The first-order valence-electron chi connectivity index (χ1n) is 13.1. The Morgan fingerprint density at radius 2 is 1.80 bits per heavy atom. The highest BCUT2D eigenvalue weighted by Gasteiger charge is 2.35. The van der Waals surface area contributed by atoms with Gasteiger partial charge in [-0.2, -0.15) is 0 Å². The Labute approximate surface area is 212 Å². The van der Waals surface area contributed by atoms with E-state index in [-0.39, 0.29) is 11.7 Å². The number of benzene rings is 2. The summed E-state index contributed by atoms with van der Waals surface area (Å²) >= 11 is -0.964. The minimum atomic E-state index is -0.964. The lowest BCUT2D eigenvalue weighted by Crippen LogP contribution is -2.43. The Hall–Kier alpha value is -2.02. The molecule has 1 atom stereocenters. The molecule has 1 fully saturated rings. The van der Waals surface area contributed by atoms with Crippen LogP contribution in [0.4, 0.5) is 0 Å². The fraction of sp³-hybridized carbons (Fsp3) is 0.552.